The van der Waals surface area contributed by atoms with E-state index in [0.717, 1.165) is 6.04 Å². The SMILES string of the molecule is CC1CSCCN1CC1(C)CCCNC1. The summed E-state index contributed by atoms with van der Waals surface area (Å²) in [4.78, 5) is 2.70. The van der Waals surface area contributed by atoms with Crippen molar-refractivity contribution >= 4 is 11.8 Å². The van der Waals surface area contributed by atoms with Crippen LogP contribution in [0.3, 0.4) is 0 Å². The monoisotopic (exact) mass is 228 g/mol. The molecule has 2 nitrogen and oxygen atoms in total. The van der Waals surface area contributed by atoms with Crippen LogP contribution in [-0.2, 0) is 0 Å². The molecule has 2 aliphatic rings. The molecule has 15 heavy (non-hydrogen) atoms. The van der Waals surface area contributed by atoms with E-state index in [4.69, 9.17) is 0 Å². The first kappa shape index (κ1) is 11.7. The molecule has 3 heteroatoms. The van der Waals surface area contributed by atoms with Gasteiger partial charge >= 0.3 is 0 Å². The van der Waals surface area contributed by atoms with Crippen LogP contribution in [0.4, 0.5) is 0 Å². The molecule has 88 valence electrons. The first-order valence-electron chi connectivity index (χ1n) is 6.22. The standard InChI is InChI=1S/C12H24N2S/c1-11-8-15-7-6-14(11)10-12(2)4-3-5-13-9-12/h11,13H,3-10H2,1-2H3. The number of hydrogen-bond donors (Lipinski definition) is 1. The summed E-state index contributed by atoms with van der Waals surface area (Å²) in [7, 11) is 0. The number of nitrogens with zero attached hydrogens (tertiary/aromatic N) is 1. The molecule has 2 unspecified atom stereocenters. The van der Waals surface area contributed by atoms with Crippen molar-refractivity contribution in [1.29, 1.82) is 0 Å². The van der Waals surface area contributed by atoms with Gasteiger partial charge in [-0.1, -0.05) is 6.92 Å². The Bertz CT molecular complexity index is 202. The van der Waals surface area contributed by atoms with Crippen LogP contribution < -0.4 is 5.32 Å². The van der Waals surface area contributed by atoms with Gasteiger partial charge in [-0.3, -0.25) is 4.90 Å². The van der Waals surface area contributed by atoms with Crippen molar-refractivity contribution in [3.63, 3.8) is 0 Å². The molecule has 0 aromatic carbocycles. The Morgan fingerprint density at radius 3 is 3.07 bits per heavy atom. The van der Waals surface area contributed by atoms with Crippen molar-refractivity contribution in [2.75, 3.05) is 37.7 Å². The van der Waals surface area contributed by atoms with Gasteiger partial charge in [-0.15, -0.1) is 0 Å². The molecular weight excluding hydrogens is 204 g/mol. The molecule has 2 atom stereocenters. The summed E-state index contributed by atoms with van der Waals surface area (Å²) in [5.74, 6) is 2.65. The van der Waals surface area contributed by atoms with E-state index in [1.54, 1.807) is 0 Å². The van der Waals surface area contributed by atoms with Crippen LogP contribution in [0.15, 0.2) is 0 Å². The molecule has 0 amide bonds. The zero-order valence-corrected chi connectivity index (χ0v) is 10.9. The van der Waals surface area contributed by atoms with Gasteiger partial charge in [-0.05, 0) is 31.7 Å². The van der Waals surface area contributed by atoms with E-state index >= 15 is 0 Å². The second kappa shape index (κ2) is 5.07. The molecule has 2 heterocycles. The van der Waals surface area contributed by atoms with Crippen LogP contribution in [0.25, 0.3) is 0 Å². The van der Waals surface area contributed by atoms with Gasteiger partial charge < -0.3 is 5.32 Å². The van der Waals surface area contributed by atoms with Crippen molar-refractivity contribution in [3.8, 4) is 0 Å². The van der Waals surface area contributed by atoms with Crippen molar-refractivity contribution in [2.45, 2.75) is 32.7 Å². The highest BCUT2D eigenvalue weighted by atomic mass is 32.2. The summed E-state index contributed by atoms with van der Waals surface area (Å²) in [6.07, 6.45) is 2.75. The van der Waals surface area contributed by atoms with Crippen LogP contribution in [0.2, 0.25) is 0 Å². The lowest BCUT2D eigenvalue weighted by molar-refractivity contribution is 0.114. The van der Waals surface area contributed by atoms with E-state index in [-0.39, 0.29) is 0 Å². The average Bonchev–Trinajstić information content (AvgIpc) is 2.22. The Morgan fingerprint density at radius 1 is 1.53 bits per heavy atom. The second-order valence-electron chi connectivity index (χ2n) is 5.49. The highest BCUT2D eigenvalue weighted by Crippen LogP contribution is 2.29. The van der Waals surface area contributed by atoms with E-state index in [9.17, 15) is 0 Å². The van der Waals surface area contributed by atoms with Crippen molar-refractivity contribution in [2.24, 2.45) is 5.41 Å². The average molecular weight is 228 g/mol. The van der Waals surface area contributed by atoms with Gasteiger partial charge in [0.1, 0.15) is 0 Å². The lowest BCUT2D eigenvalue weighted by Crippen LogP contribution is -2.50. The fourth-order valence-electron chi connectivity index (χ4n) is 2.74. The van der Waals surface area contributed by atoms with Gasteiger partial charge in [0.2, 0.25) is 0 Å². The van der Waals surface area contributed by atoms with E-state index in [1.807, 2.05) is 0 Å². The van der Waals surface area contributed by atoms with Gasteiger partial charge in [0.25, 0.3) is 0 Å². The predicted octanol–water partition coefficient (Wildman–Crippen LogP) is 1.81. The van der Waals surface area contributed by atoms with E-state index in [0.29, 0.717) is 5.41 Å². The molecule has 0 saturated carbocycles. The normalized spacial score (nSPS) is 39.2. The Morgan fingerprint density at radius 2 is 2.40 bits per heavy atom. The molecule has 0 radical (unpaired) electrons. The molecule has 0 aromatic heterocycles. The summed E-state index contributed by atoms with van der Waals surface area (Å²) in [6.45, 7) is 9.85. The molecule has 0 aromatic rings. The van der Waals surface area contributed by atoms with Crippen molar-refractivity contribution in [1.82, 2.24) is 10.2 Å². The van der Waals surface area contributed by atoms with Gasteiger partial charge in [-0.25, -0.2) is 0 Å². The third-order valence-electron chi connectivity index (χ3n) is 3.78. The zero-order valence-electron chi connectivity index (χ0n) is 10.1. The molecule has 2 aliphatic heterocycles. The Balaban J connectivity index is 1.88. The Hall–Kier alpha value is 0.270. The lowest BCUT2D eigenvalue weighted by Gasteiger charge is -2.42. The van der Waals surface area contributed by atoms with Crippen LogP contribution in [0.5, 0.6) is 0 Å². The second-order valence-corrected chi connectivity index (χ2v) is 6.64. The summed E-state index contributed by atoms with van der Waals surface area (Å²) >= 11 is 2.11. The minimum atomic E-state index is 0.522. The van der Waals surface area contributed by atoms with Gasteiger partial charge in [0, 0.05) is 37.2 Å². The van der Waals surface area contributed by atoms with Crippen LogP contribution >= 0.6 is 11.8 Å². The Labute approximate surface area is 98.2 Å². The van der Waals surface area contributed by atoms with Crippen molar-refractivity contribution in [3.05, 3.63) is 0 Å². The van der Waals surface area contributed by atoms with Gasteiger partial charge in [-0.2, -0.15) is 11.8 Å². The topological polar surface area (TPSA) is 15.3 Å². The maximum Gasteiger partial charge on any atom is 0.0158 e. The third kappa shape index (κ3) is 3.11. The summed E-state index contributed by atoms with van der Waals surface area (Å²) < 4.78 is 0. The lowest BCUT2D eigenvalue weighted by atomic mass is 9.82. The number of thioether (sulfide) groups is 1. The third-order valence-corrected chi connectivity index (χ3v) is 4.97. The molecular formula is C12H24N2S. The highest BCUT2D eigenvalue weighted by molar-refractivity contribution is 7.99. The first-order chi connectivity index (χ1) is 7.20. The Kier molecular flexibility index (Phi) is 3.97. The minimum Gasteiger partial charge on any atom is -0.316 e. The van der Waals surface area contributed by atoms with Gasteiger partial charge in [0.15, 0.2) is 0 Å². The first-order valence-corrected chi connectivity index (χ1v) is 7.38. The largest absolute Gasteiger partial charge is 0.316 e. The summed E-state index contributed by atoms with van der Waals surface area (Å²) in [5.41, 5.74) is 0.522. The molecule has 2 fully saturated rings. The fraction of sp³-hybridized carbons (Fsp3) is 1.00. The quantitative estimate of drug-likeness (QED) is 0.776. The molecule has 1 N–H and O–H groups in total. The molecule has 0 aliphatic carbocycles. The highest BCUT2D eigenvalue weighted by Gasteiger charge is 2.31. The molecule has 0 spiro atoms. The zero-order chi connectivity index (χ0) is 10.7. The van der Waals surface area contributed by atoms with Crippen LogP contribution in [0.1, 0.15) is 26.7 Å². The van der Waals surface area contributed by atoms with Crippen LogP contribution in [0, 0.1) is 5.41 Å². The van der Waals surface area contributed by atoms with Gasteiger partial charge in [0.05, 0.1) is 0 Å². The smallest absolute Gasteiger partial charge is 0.0158 e. The molecule has 0 bridgehead atoms. The number of hydrogen-bond acceptors (Lipinski definition) is 3. The minimum absolute atomic E-state index is 0.522. The van der Waals surface area contributed by atoms with Crippen molar-refractivity contribution < 1.29 is 0 Å². The summed E-state index contributed by atoms with van der Waals surface area (Å²) in [6, 6.07) is 0.780. The van der Waals surface area contributed by atoms with Crippen LogP contribution in [-0.4, -0.2) is 48.6 Å². The maximum atomic E-state index is 3.55. The maximum absolute atomic E-state index is 3.55. The number of nitrogens with one attached hydrogen (secondary N) is 1. The van der Waals surface area contributed by atoms with E-state index < -0.39 is 0 Å². The number of rotatable bonds is 2. The van der Waals surface area contributed by atoms with E-state index in [2.05, 4.69) is 35.8 Å². The van der Waals surface area contributed by atoms with E-state index in [1.165, 1.54) is 50.5 Å². The summed E-state index contributed by atoms with van der Waals surface area (Å²) in [5, 5.41) is 3.55. The molecule has 2 rings (SSSR count). The fourth-order valence-corrected chi connectivity index (χ4v) is 3.82. The molecule has 2 saturated heterocycles. The number of piperidine rings is 1. The predicted molar refractivity (Wildman–Crippen MR) is 68.6 cm³/mol.